The van der Waals surface area contributed by atoms with Gasteiger partial charge in [0.25, 0.3) is 0 Å². The van der Waals surface area contributed by atoms with Gasteiger partial charge in [-0.2, -0.15) is 0 Å². The summed E-state index contributed by atoms with van der Waals surface area (Å²) in [7, 11) is 0.946. The van der Waals surface area contributed by atoms with E-state index in [1.807, 2.05) is 0 Å². The molecule has 0 atom stereocenters. The molecule has 1 N–H and O–H groups in total. The molecule has 0 amide bonds. The van der Waals surface area contributed by atoms with Gasteiger partial charge in [0, 0.05) is 11.8 Å². The van der Waals surface area contributed by atoms with Gasteiger partial charge in [0.1, 0.15) is 0 Å². The highest BCUT2D eigenvalue weighted by Gasteiger charge is 2.34. The number of ether oxygens (including phenoxy) is 2. The molecule has 8 heteroatoms. The zero-order chi connectivity index (χ0) is 13.2. The number of aromatic amines is 1. The zero-order valence-electron chi connectivity index (χ0n) is 8.84. The average Bonchev–Trinajstić information content (AvgIpc) is 2.21. The zero-order valence-corrected chi connectivity index (χ0v) is 8.84. The van der Waals surface area contributed by atoms with Crippen LogP contribution in [0.2, 0.25) is 0 Å². The molecule has 0 unspecified atom stereocenters. The summed E-state index contributed by atoms with van der Waals surface area (Å²) < 4.78 is 43.8. The van der Waals surface area contributed by atoms with E-state index in [-0.39, 0.29) is 5.56 Å². The average molecular weight is 251 g/mol. The van der Waals surface area contributed by atoms with Crippen LogP contribution in [-0.4, -0.2) is 24.4 Å². The summed E-state index contributed by atoms with van der Waals surface area (Å²) in [5, 5.41) is 0. The Hall–Kier alpha value is -1.99. The molecule has 5 nitrogen and oxygen atoms in total. The molecule has 0 aromatic carbocycles. The van der Waals surface area contributed by atoms with Gasteiger partial charge >= 0.3 is 12.3 Å². The number of halogens is 3. The smallest absolute Gasteiger partial charge is 0.465 e. The van der Waals surface area contributed by atoms with Crippen LogP contribution in [0.3, 0.4) is 0 Å². The summed E-state index contributed by atoms with van der Waals surface area (Å²) in [5.74, 6) is -2.19. The molecular weight excluding hydrogens is 243 g/mol. The van der Waals surface area contributed by atoms with Crippen molar-refractivity contribution in [3.63, 3.8) is 0 Å². The predicted molar refractivity (Wildman–Crippen MR) is 49.8 cm³/mol. The molecule has 0 aliphatic heterocycles. The fourth-order valence-corrected chi connectivity index (χ4v) is 1.10. The molecule has 0 bridgehead atoms. The van der Waals surface area contributed by atoms with E-state index in [2.05, 4.69) is 14.5 Å². The fourth-order valence-electron chi connectivity index (χ4n) is 1.10. The normalized spacial score (nSPS) is 11.1. The Balaban J connectivity index is 3.36. The maximum Gasteiger partial charge on any atom is 0.574 e. The van der Waals surface area contributed by atoms with E-state index in [4.69, 9.17) is 0 Å². The van der Waals surface area contributed by atoms with Gasteiger partial charge in [-0.15, -0.1) is 13.2 Å². The maximum atomic E-state index is 12.0. The summed E-state index contributed by atoms with van der Waals surface area (Å²) in [6, 6.07) is 0. The van der Waals surface area contributed by atoms with Gasteiger partial charge in [-0.3, -0.25) is 4.79 Å². The quantitative estimate of drug-likeness (QED) is 0.806. The number of rotatable bonds is 2. The minimum absolute atomic E-state index is 0.0694. The molecule has 0 saturated heterocycles. The van der Waals surface area contributed by atoms with Gasteiger partial charge in [-0.05, 0) is 6.92 Å². The molecule has 1 heterocycles. The molecule has 94 valence electrons. The number of methoxy groups -OCH3 is 1. The predicted octanol–water partition coefficient (Wildman–Crippen LogP) is 1.37. The van der Waals surface area contributed by atoms with Crippen molar-refractivity contribution in [1.29, 1.82) is 0 Å². The Kier molecular flexibility index (Phi) is 3.45. The molecule has 1 aromatic rings. The van der Waals surface area contributed by atoms with Crippen molar-refractivity contribution in [2.24, 2.45) is 0 Å². The third kappa shape index (κ3) is 2.99. The second-order valence-corrected chi connectivity index (χ2v) is 3.04. The number of carbonyl (C=O) groups is 1. The number of alkyl halides is 3. The van der Waals surface area contributed by atoms with Gasteiger partial charge in [0.2, 0.25) is 11.3 Å². The summed E-state index contributed by atoms with van der Waals surface area (Å²) in [5.41, 5.74) is -1.63. The van der Waals surface area contributed by atoms with E-state index in [0.717, 1.165) is 13.3 Å². The van der Waals surface area contributed by atoms with E-state index in [9.17, 15) is 22.8 Å². The van der Waals surface area contributed by atoms with Gasteiger partial charge in [-0.1, -0.05) is 0 Å². The lowest BCUT2D eigenvalue weighted by atomic mass is 10.2. The number of esters is 1. The van der Waals surface area contributed by atoms with Crippen LogP contribution in [0.1, 0.15) is 15.9 Å². The van der Waals surface area contributed by atoms with Crippen molar-refractivity contribution >= 4 is 5.97 Å². The van der Waals surface area contributed by atoms with E-state index in [0.29, 0.717) is 0 Å². The Morgan fingerprint density at radius 3 is 2.47 bits per heavy atom. The van der Waals surface area contributed by atoms with Crippen molar-refractivity contribution in [1.82, 2.24) is 4.98 Å². The highest BCUT2D eigenvalue weighted by molar-refractivity contribution is 5.91. The van der Waals surface area contributed by atoms with Crippen LogP contribution in [0.4, 0.5) is 13.2 Å². The minimum Gasteiger partial charge on any atom is -0.465 e. The molecule has 1 rings (SSSR count). The first-order chi connectivity index (χ1) is 7.76. The monoisotopic (exact) mass is 251 g/mol. The van der Waals surface area contributed by atoms with Crippen molar-refractivity contribution in [3.8, 4) is 5.88 Å². The molecule has 0 aliphatic carbocycles. The first kappa shape index (κ1) is 13.1. The largest absolute Gasteiger partial charge is 0.574 e. The second kappa shape index (κ2) is 4.48. The molecule has 0 aliphatic rings. The number of aryl methyl sites for hydroxylation is 1. The Bertz CT molecular complexity index is 492. The summed E-state index contributed by atoms with van der Waals surface area (Å²) in [6.07, 6.45) is -4.00. The van der Waals surface area contributed by atoms with E-state index in [1.54, 1.807) is 0 Å². The third-order valence-corrected chi connectivity index (χ3v) is 1.84. The first-order valence-corrected chi connectivity index (χ1v) is 4.32. The lowest BCUT2D eigenvalue weighted by Gasteiger charge is -2.11. The van der Waals surface area contributed by atoms with Crippen LogP contribution in [0.5, 0.6) is 5.88 Å². The molecular formula is C9H8F3NO4. The van der Waals surface area contributed by atoms with Gasteiger partial charge < -0.3 is 14.5 Å². The fraction of sp³-hybridized carbons (Fsp3) is 0.333. The van der Waals surface area contributed by atoms with Gasteiger partial charge in [-0.25, -0.2) is 4.79 Å². The second-order valence-electron chi connectivity index (χ2n) is 3.04. The molecule has 0 spiro atoms. The number of hydrogen-bond acceptors (Lipinski definition) is 4. The lowest BCUT2D eigenvalue weighted by molar-refractivity contribution is -0.276. The molecule has 0 fully saturated rings. The third-order valence-electron chi connectivity index (χ3n) is 1.84. The Morgan fingerprint density at radius 1 is 1.41 bits per heavy atom. The number of nitrogens with one attached hydrogen (secondary N) is 1. The molecule has 0 saturated carbocycles. The van der Waals surface area contributed by atoms with Crippen molar-refractivity contribution < 1.29 is 27.4 Å². The number of pyridine rings is 1. The minimum atomic E-state index is -5.01. The van der Waals surface area contributed by atoms with Crippen molar-refractivity contribution in [3.05, 3.63) is 27.5 Å². The van der Waals surface area contributed by atoms with Crippen LogP contribution in [-0.2, 0) is 4.74 Å². The molecule has 0 radical (unpaired) electrons. The SMILES string of the molecule is COC(=O)c1c(OC(F)(F)F)[nH]cc(C)c1=O. The highest BCUT2D eigenvalue weighted by atomic mass is 19.4. The van der Waals surface area contributed by atoms with Crippen LogP contribution in [0, 0.1) is 6.92 Å². The van der Waals surface area contributed by atoms with E-state index in [1.165, 1.54) is 6.92 Å². The van der Waals surface area contributed by atoms with Gasteiger partial charge in [0.05, 0.1) is 7.11 Å². The molecule has 1 aromatic heterocycles. The standard InChI is InChI=1S/C9H8F3NO4/c1-4-3-13-7(17-9(10,11)12)5(6(4)14)8(15)16-2/h3H,1-2H3,(H,13,14). The van der Waals surface area contributed by atoms with Crippen LogP contribution in [0.15, 0.2) is 11.0 Å². The summed E-state index contributed by atoms with van der Waals surface area (Å²) >= 11 is 0. The van der Waals surface area contributed by atoms with Crippen molar-refractivity contribution in [2.45, 2.75) is 13.3 Å². The number of H-pyrrole nitrogens is 1. The number of carbonyl (C=O) groups excluding carboxylic acids is 1. The highest BCUT2D eigenvalue weighted by Crippen LogP contribution is 2.23. The Labute approximate surface area is 93.2 Å². The van der Waals surface area contributed by atoms with Crippen LogP contribution < -0.4 is 10.2 Å². The summed E-state index contributed by atoms with van der Waals surface area (Å²) in [6.45, 7) is 1.34. The molecule has 17 heavy (non-hydrogen) atoms. The van der Waals surface area contributed by atoms with E-state index < -0.39 is 29.2 Å². The number of hydrogen-bond donors (Lipinski definition) is 1. The lowest BCUT2D eigenvalue weighted by Crippen LogP contribution is -2.25. The Morgan fingerprint density at radius 2 is 2.00 bits per heavy atom. The first-order valence-electron chi connectivity index (χ1n) is 4.32. The van der Waals surface area contributed by atoms with E-state index >= 15 is 0 Å². The van der Waals surface area contributed by atoms with Crippen molar-refractivity contribution in [2.75, 3.05) is 7.11 Å². The number of aromatic nitrogens is 1. The van der Waals surface area contributed by atoms with Gasteiger partial charge in [0.15, 0.2) is 5.56 Å². The van der Waals surface area contributed by atoms with Crippen LogP contribution in [0.25, 0.3) is 0 Å². The summed E-state index contributed by atoms with van der Waals surface area (Å²) in [4.78, 5) is 24.8. The maximum absolute atomic E-state index is 12.0. The topological polar surface area (TPSA) is 68.4 Å². The van der Waals surface area contributed by atoms with Crippen LogP contribution >= 0.6 is 0 Å².